The van der Waals surface area contributed by atoms with Crippen molar-refractivity contribution in [1.82, 2.24) is 0 Å². The zero-order valence-electron chi connectivity index (χ0n) is 6.90. The highest BCUT2D eigenvalue weighted by Gasteiger charge is 2.32. The van der Waals surface area contributed by atoms with Crippen molar-refractivity contribution in [3.8, 4) is 0 Å². The van der Waals surface area contributed by atoms with Crippen LogP contribution in [-0.2, 0) is 9.84 Å². The van der Waals surface area contributed by atoms with E-state index in [1.807, 2.05) is 12.1 Å². The van der Waals surface area contributed by atoms with Gasteiger partial charge in [-0.3, -0.25) is 0 Å². The van der Waals surface area contributed by atoms with Crippen LogP contribution >= 0.6 is 34.2 Å². The number of hydrogen-bond acceptors (Lipinski definition) is 0. The topological polar surface area (TPSA) is 0 Å². The average molecular weight is 293 g/mol. The van der Waals surface area contributed by atoms with Crippen LogP contribution in [0.4, 0.5) is 0 Å². The Morgan fingerprint density at radius 2 is 2.25 bits per heavy atom. The second-order valence-electron chi connectivity index (χ2n) is 3.46. The van der Waals surface area contributed by atoms with E-state index in [1.165, 1.54) is 17.5 Å². The standard InChI is InChI=1S/C10H10ClI/c1-10(12)6-5-7-8(10)3-2-4-9(7)11/h2-4H,5-6H2,1H3. The van der Waals surface area contributed by atoms with Gasteiger partial charge < -0.3 is 0 Å². The molecule has 1 unspecified atom stereocenters. The molecule has 1 aliphatic rings. The van der Waals surface area contributed by atoms with E-state index >= 15 is 0 Å². The number of rotatable bonds is 0. The second kappa shape index (κ2) is 2.88. The summed E-state index contributed by atoms with van der Waals surface area (Å²) in [4.78, 5) is 0. The van der Waals surface area contributed by atoms with E-state index in [0.717, 1.165) is 11.4 Å². The van der Waals surface area contributed by atoms with E-state index in [0.29, 0.717) is 3.42 Å². The van der Waals surface area contributed by atoms with Crippen LogP contribution in [0, 0.1) is 0 Å². The van der Waals surface area contributed by atoms with Crippen LogP contribution < -0.4 is 0 Å². The van der Waals surface area contributed by atoms with Crippen molar-refractivity contribution in [1.29, 1.82) is 0 Å². The number of fused-ring (bicyclic) bond motifs is 1. The summed E-state index contributed by atoms with van der Waals surface area (Å²) in [5.74, 6) is 0. The molecule has 0 heterocycles. The Morgan fingerprint density at radius 1 is 1.50 bits per heavy atom. The van der Waals surface area contributed by atoms with Gasteiger partial charge in [-0.25, -0.2) is 0 Å². The molecule has 1 aromatic rings. The Balaban J connectivity index is 2.61. The minimum absolute atomic E-state index is 0.304. The normalized spacial score (nSPS) is 27.2. The summed E-state index contributed by atoms with van der Waals surface area (Å²) < 4.78 is 0.304. The lowest BCUT2D eigenvalue weighted by Gasteiger charge is -2.16. The fourth-order valence-corrected chi connectivity index (χ4v) is 2.84. The van der Waals surface area contributed by atoms with E-state index in [1.54, 1.807) is 0 Å². The smallest absolute Gasteiger partial charge is 0.0448 e. The highest BCUT2D eigenvalue weighted by molar-refractivity contribution is 14.1. The van der Waals surface area contributed by atoms with Crippen molar-refractivity contribution in [2.24, 2.45) is 0 Å². The zero-order valence-corrected chi connectivity index (χ0v) is 9.82. The molecular weight excluding hydrogens is 282 g/mol. The lowest BCUT2D eigenvalue weighted by atomic mass is 10.0. The van der Waals surface area contributed by atoms with Crippen LogP contribution in [0.1, 0.15) is 24.5 Å². The first-order valence-electron chi connectivity index (χ1n) is 4.08. The van der Waals surface area contributed by atoms with E-state index < -0.39 is 0 Å². The molecule has 1 aliphatic carbocycles. The lowest BCUT2D eigenvalue weighted by Crippen LogP contribution is -2.06. The third-order valence-corrected chi connectivity index (χ3v) is 4.00. The third kappa shape index (κ3) is 1.27. The largest absolute Gasteiger partial charge is 0.0840 e. The Bertz CT molecular complexity index is 318. The van der Waals surface area contributed by atoms with Crippen LogP contribution in [0.15, 0.2) is 18.2 Å². The predicted octanol–water partition coefficient (Wildman–Crippen LogP) is 3.94. The molecule has 0 fully saturated rings. The van der Waals surface area contributed by atoms with Crippen molar-refractivity contribution >= 4 is 34.2 Å². The fraction of sp³-hybridized carbons (Fsp3) is 0.400. The average Bonchev–Trinajstić information content (AvgIpc) is 2.30. The van der Waals surface area contributed by atoms with Crippen LogP contribution in [0.25, 0.3) is 0 Å². The first-order valence-corrected chi connectivity index (χ1v) is 5.54. The maximum Gasteiger partial charge on any atom is 0.0448 e. The fourth-order valence-electron chi connectivity index (χ4n) is 1.80. The molecule has 0 spiro atoms. The highest BCUT2D eigenvalue weighted by Crippen LogP contribution is 2.45. The van der Waals surface area contributed by atoms with Gasteiger partial charge in [-0.15, -0.1) is 0 Å². The van der Waals surface area contributed by atoms with Crippen LogP contribution in [0.5, 0.6) is 0 Å². The molecule has 0 amide bonds. The van der Waals surface area contributed by atoms with Crippen molar-refractivity contribution in [2.45, 2.75) is 23.2 Å². The van der Waals surface area contributed by atoms with E-state index in [-0.39, 0.29) is 0 Å². The maximum atomic E-state index is 6.09. The SMILES string of the molecule is CC1(I)CCc2c(Cl)cccc21. The second-order valence-corrected chi connectivity index (χ2v) is 6.25. The highest BCUT2D eigenvalue weighted by atomic mass is 127. The molecule has 0 nitrogen and oxygen atoms in total. The molecule has 0 saturated heterocycles. The Labute approximate surface area is 91.5 Å². The van der Waals surface area contributed by atoms with E-state index in [9.17, 15) is 0 Å². The van der Waals surface area contributed by atoms with Crippen molar-refractivity contribution in [3.63, 3.8) is 0 Å². The Morgan fingerprint density at radius 3 is 2.92 bits per heavy atom. The summed E-state index contributed by atoms with van der Waals surface area (Å²) >= 11 is 8.61. The quantitative estimate of drug-likeness (QED) is 0.502. The number of hydrogen-bond donors (Lipinski definition) is 0. The van der Waals surface area contributed by atoms with Gasteiger partial charge in [-0.2, -0.15) is 0 Å². The van der Waals surface area contributed by atoms with Crippen LogP contribution in [-0.4, -0.2) is 0 Å². The van der Waals surface area contributed by atoms with Crippen molar-refractivity contribution < 1.29 is 0 Å². The van der Waals surface area contributed by atoms with Crippen LogP contribution in [0.3, 0.4) is 0 Å². The van der Waals surface area contributed by atoms with Crippen molar-refractivity contribution in [3.05, 3.63) is 34.3 Å². The molecule has 1 aromatic carbocycles. The van der Waals surface area contributed by atoms with Crippen molar-refractivity contribution in [2.75, 3.05) is 0 Å². The summed E-state index contributed by atoms with van der Waals surface area (Å²) in [5.41, 5.74) is 2.78. The minimum Gasteiger partial charge on any atom is -0.0840 e. The lowest BCUT2D eigenvalue weighted by molar-refractivity contribution is 0.716. The molecule has 0 aliphatic heterocycles. The molecule has 0 bridgehead atoms. The Kier molecular flexibility index (Phi) is 2.11. The predicted molar refractivity (Wildman–Crippen MR) is 61.1 cm³/mol. The van der Waals surface area contributed by atoms with Gasteiger partial charge >= 0.3 is 0 Å². The molecule has 2 rings (SSSR count). The summed E-state index contributed by atoms with van der Waals surface area (Å²) in [5, 5.41) is 0.938. The number of benzene rings is 1. The molecule has 0 N–H and O–H groups in total. The summed E-state index contributed by atoms with van der Waals surface area (Å²) in [6, 6.07) is 6.22. The first kappa shape index (κ1) is 8.82. The van der Waals surface area contributed by atoms with E-state index in [2.05, 4.69) is 35.6 Å². The number of alkyl halides is 1. The van der Waals surface area contributed by atoms with Gasteiger partial charge in [-0.1, -0.05) is 46.3 Å². The van der Waals surface area contributed by atoms with Gasteiger partial charge in [0.2, 0.25) is 0 Å². The van der Waals surface area contributed by atoms with Crippen LogP contribution in [0.2, 0.25) is 5.02 Å². The monoisotopic (exact) mass is 292 g/mol. The zero-order chi connectivity index (χ0) is 8.77. The summed E-state index contributed by atoms with van der Waals surface area (Å²) in [6.07, 6.45) is 2.35. The molecule has 0 saturated carbocycles. The van der Waals surface area contributed by atoms with Gasteiger partial charge in [0.1, 0.15) is 0 Å². The molecule has 0 aromatic heterocycles. The third-order valence-electron chi connectivity index (χ3n) is 2.52. The van der Waals surface area contributed by atoms with Gasteiger partial charge in [0.05, 0.1) is 0 Å². The molecule has 12 heavy (non-hydrogen) atoms. The molecule has 1 atom stereocenters. The molecular formula is C10H10ClI. The maximum absolute atomic E-state index is 6.09. The Hall–Kier alpha value is 0.240. The number of halogens is 2. The minimum atomic E-state index is 0.304. The van der Waals surface area contributed by atoms with Gasteiger partial charge in [0.25, 0.3) is 0 Å². The summed E-state index contributed by atoms with van der Waals surface area (Å²) in [7, 11) is 0. The molecule has 2 heteroatoms. The summed E-state index contributed by atoms with van der Waals surface area (Å²) in [6.45, 7) is 2.27. The first-order chi connectivity index (χ1) is 5.61. The molecule has 0 radical (unpaired) electrons. The van der Waals surface area contributed by atoms with Gasteiger partial charge in [0, 0.05) is 8.44 Å². The van der Waals surface area contributed by atoms with Gasteiger partial charge in [-0.05, 0) is 37.0 Å². The van der Waals surface area contributed by atoms with Gasteiger partial charge in [0.15, 0.2) is 0 Å². The van der Waals surface area contributed by atoms with E-state index in [4.69, 9.17) is 11.6 Å². The molecule has 64 valence electrons.